The summed E-state index contributed by atoms with van der Waals surface area (Å²) in [4.78, 5) is 0. The maximum absolute atomic E-state index is 9.50. The van der Waals surface area contributed by atoms with Gasteiger partial charge in [0.05, 0.1) is 12.6 Å². The van der Waals surface area contributed by atoms with Gasteiger partial charge in [-0.2, -0.15) is 0 Å². The van der Waals surface area contributed by atoms with E-state index in [4.69, 9.17) is 9.47 Å². The van der Waals surface area contributed by atoms with Crippen molar-refractivity contribution in [1.82, 2.24) is 5.32 Å². The first-order valence-electron chi connectivity index (χ1n) is 7.14. The Bertz CT molecular complexity index is 586. The highest BCUT2D eigenvalue weighted by atomic mass is 16.7. The fourth-order valence-electron chi connectivity index (χ4n) is 2.46. The highest BCUT2D eigenvalue weighted by Gasteiger charge is 2.13. The summed E-state index contributed by atoms with van der Waals surface area (Å²) in [6.07, 6.45) is 0.875. The van der Waals surface area contributed by atoms with Crippen LogP contribution in [0.2, 0.25) is 0 Å². The first kappa shape index (κ1) is 13.9. The van der Waals surface area contributed by atoms with Crippen LogP contribution < -0.4 is 14.8 Å². The van der Waals surface area contributed by atoms with Gasteiger partial charge in [-0.05, 0) is 36.2 Å². The molecule has 4 heteroatoms. The summed E-state index contributed by atoms with van der Waals surface area (Å²) >= 11 is 0. The van der Waals surface area contributed by atoms with Crippen LogP contribution in [0.25, 0.3) is 0 Å². The number of aliphatic hydroxyl groups is 1. The second-order valence-corrected chi connectivity index (χ2v) is 5.04. The number of aliphatic hydroxyl groups excluding tert-OH is 1. The van der Waals surface area contributed by atoms with Crippen molar-refractivity contribution in [1.29, 1.82) is 0 Å². The summed E-state index contributed by atoms with van der Waals surface area (Å²) in [6, 6.07) is 16.0. The molecular weight excluding hydrogens is 266 g/mol. The lowest BCUT2D eigenvalue weighted by molar-refractivity contribution is 0.174. The van der Waals surface area contributed by atoms with Gasteiger partial charge in [0.2, 0.25) is 6.79 Å². The Morgan fingerprint density at radius 1 is 1.05 bits per heavy atom. The van der Waals surface area contributed by atoms with Crippen molar-refractivity contribution in [2.24, 2.45) is 0 Å². The molecule has 0 saturated carbocycles. The van der Waals surface area contributed by atoms with Crippen molar-refractivity contribution in [2.45, 2.75) is 12.5 Å². The standard InChI is InChI=1S/C17H19NO3/c19-11-15(14-4-2-1-3-5-14)18-9-8-13-6-7-16-17(10-13)21-12-20-16/h1-7,10,15,18-19H,8-9,11-12H2/t15-/m0/s1. The molecule has 1 atom stereocenters. The van der Waals surface area contributed by atoms with E-state index in [0.717, 1.165) is 30.0 Å². The van der Waals surface area contributed by atoms with Crippen molar-refractivity contribution in [3.63, 3.8) is 0 Å². The molecule has 0 spiro atoms. The second kappa shape index (κ2) is 6.61. The second-order valence-electron chi connectivity index (χ2n) is 5.04. The van der Waals surface area contributed by atoms with E-state index in [-0.39, 0.29) is 12.6 Å². The quantitative estimate of drug-likeness (QED) is 0.855. The highest BCUT2D eigenvalue weighted by Crippen LogP contribution is 2.32. The van der Waals surface area contributed by atoms with Gasteiger partial charge in [0.25, 0.3) is 0 Å². The van der Waals surface area contributed by atoms with Gasteiger partial charge in [-0.15, -0.1) is 0 Å². The zero-order valence-electron chi connectivity index (χ0n) is 11.8. The van der Waals surface area contributed by atoms with Crippen molar-refractivity contribution in [3.8, 4) is 11.5 Å². The van der Waals surface area contributed by atoms with Gasteiger partial charge in [-0.1, -0.05) is 36.4 Å². The first-order valence-corrected chi connectivity index (χ1v) is 7.14. The van der Waals surface area contributed by atoms with Crippen molar-refractivity contribution in [3.05, 3.63) is 59.7 Å². The number of nitrogens with one attached hydrogen (secondary N) is 1. The van der Waals surface area contributed by atoms with Crippen LogP contribution in [0.3, 0.4) is 0 Å². The van der Waals surface area contributed by atoms with Gasteiger partial charge >= 0.3 is 0 Å². The number of hydrogen-bond acceptors (Lipinski definition) is 4. The molecular formula is C17H19NO3. The smallest absolute Gasteiger partial charge is 0.231 e. The molecule has 2 aromatic carbocycles. The predicted octanol–water partition coefficient (Wildman–Crippen LogP) is 2.28. The molecule has 0 unspecified atom stereocenters. The number of rotatable bonds is 6. The Labute approximate surface area is 124 Å². The molecule has 0 aliphatic carbocycles. The molecule has 0 saturated heterocycles. The summed E-state index contributed by atoms with van der Waals surface area (Å²) in [6.45, 7) is 1.18. The van der Waals surface area contributed by atoms with E-state index in [0.29, 0.717) is 6.79 Å². The molecule has 0 amide bonds. The van der Waals surface area contributed by atoms with E-state index in [1.807, 2.05) is 48.5 Å². The molecule has 1 aliphatic rings. The summed E-state index contributed by atoms with van der Waals surface area (Å²) in [7, 11) is 0. The number of fused-ring (bicyclic) bond motifs is 1. The molecule has 2 aromatic rings. The third-order valence-electron chi connectivity index (χ3n) is 3.63. The third kappa shape index (κ3) is 3.35. The molecule has 0 bridgehead atoms. The van der Waals surface area contributed by atoms with Gasteiger partial charge in [-0.3, -0.25) is 0 Å². The lowest BCUT2D eigenvalue weighted by Gasteiger charge is -2.16. The fraction of sp³-hybridized carbons (Fsp3) is 0.294. The van der Waals surface area contributed by atoms with Crippen molar-refractivity contribution < 1.29 is 14.6 Å². The van der Waals surface area contributed by atoms with Gasteiger partial charge in [0.15, 0.2) is 11.5 Å². The molecule has 4 nitrogen and oxygen atoms in total. The first-order chi connectivity index (χ1) is 10.4. The van der Waals surface area contributed by atoms with Gasteiger partial charge in [-0.25, -0.2) is 0 Å². The number of benzene rings is 2. The topological polar surface area (TPSA) is 50.7 Å². The maximum atomic E-state index is 9.50. The Balaban J connectivity index is 1.55. The van der Waals surface area contributed by atoms with Gasteiger partial charge in [0, 0.05) is 0 Å². The lowest BCUT2D eigenvalue weighted by Crippen LogP contribution is -2.26. The molecule has 1 aliphatic heterocycles. The van der Waals surface area contributed by atoms with E-state index in [2.05, 4.69) is 5.32 Å². The molecule has 0 aromatic heterocycles. The summed E-state index contributed by atoms with van der Waals surface area (Å²) in [5, 5.41) is 12.9. The molecule has 2 N–H and O–H groups in total. The van der Waals surface area contributed by atoms with Crippen LogP contribution >= 0.6 is 0 Å². The Morgan fingerprint density at radius 2 is 1.86 bits per heavy atom. The van der Waals surface area contributed by atoms with Crippen LogP contribution in [0.5, 0.6) is 11.5 Å². The van der Waals surface area contributed by atoms with Crippen LogP contribution in [-0.4, -0.2) is 25.1 Å². The fourth-order valence-corrected chi connectivity index (χ4v) is 2.46. The van der Waals surface area contributed by atoms with Crippen LogP contribution in [-0.2, 0) is 6.42 Å². The van der Waals surface area contributed by atoms with Crippen LogP contribution in [0.1, 0.15) is 17.2 Å². The molecule has 0 radical (unpaired) electrons. The SMILES string of the molecule is OC[C@H](NCCc1ccc2c(c1)OCO2)c1ccccc1. The van der Waals surface area contributed by atoms with Crippen molar-refractivity contribution >= 4 is 0 Å². The minimum atomic E-state index is -0.0276. The Kier molecular flexibility index (Phi) is 4.38. The minimum absolute atomic E-state index is 0.0276. The molecule has 110 valence electrons. The zero-order valence-corrected chi connectivity index (χ0v) is 11.8. The van der Waals surface area contributed by atoms with E-state index in [1.54, 1.807) is 0 Å². The summed E-state index contributed by atoms with van der Waals surface area (Å²) in [5.41, 5.74) is 2.29. The van der Waals surface area contributed by atoms with Crippen molar-refractivity contribution in [2.75, 3.05) is 19.9 Å². The van der Waals surface area contributed by atoms with Crippen LogP contribution in [0.4, 0.5) is 0 Å². The van der Waals surface area contributed by atoms with Crippen LogP contribution in [0, 0.1) is 0 Å². The molecule has 0 fully saturated rings. The van der Waals surface area contributed by atoms with Gasteiger partial charge < -0.3 is 19.9 Å². The average molecular weight is 285 g/mol. The zero-order chi connectivity index (χ0) is 14.5. The Morgan fingerprint density at radius 3 is 2.67 bits per heavy atom. The number of ether oxygens (including phenoxy) is 2. The summed E-state index contributed by atoms with van der Waals surface area (Å²) in [5.74, 6) is 1.62. The normalized spacial score (nSPS) is 14.1. The third-order valence-corrected chi connectivity index (χ3v) is 3.63. The van der Waals surface area contributed by atoms with E-state index < -0.39 is 0 Å². The number of hydrogen-bond donors (Lipinski definition) is 2. The largest absolute Gasteiger partial charge is 0.454 e. The monoisotopic (exact) mass is 285 g/mol. The Hall–Kier alpha value is -2.04. The summed E-state index contributed by atoms with van der Waals surface area (Å²) < 4.78 is 10.7. The minimum Gasteiger partial charge on any atom is -0.454 e. The molecule has 3 rings (SSSR count). The van der Waals surface area contributed by atoms with E-state index in [1.165, 1.54) is 5.56 Å². The predicted molar refractivity (Wildman–Crippen MR) is 80.5 cm³/mol. The lowest BCUT2D eigenvalue weighted by atomic mass is 10.1. The highest BCUT2D eigenvalue weighted by molar-refractivity contribution is 5.44. The molecule has 1 heterocycles. The van der Waals surface area contributed by atoms with Gasteiger partial charge in [0.1, 0.15) is 0 Å². The maximum Gasteiger partial charge on any atom is 0.231 e. The van der Waals surface area contributed by atoms with Crippen LogP contribution in [0.15, 0.2) is 48.5 Å². The van der Waals surface area contributed by atoms with E-state index >= 15 is 0 Å². The van der Waals surface area contributed by atoms with E-state index in [9.17, 15) is 5.11 Å². The average Bonchev–Trinajstić information content (AvgIpc) is 3.00. The molecule has 21 heavy (non-hydrogen) atoms.